The Kier molecular flexibility index (Phi) is 49.6. The van der Waals surface area contributed by atoms with Crippen LogP contribution in [-0.4, -0.2) is 37.2 Å². The van der Waals surface area contributed by atoms with Crippen LogP contribution in [0.1, 0.15) is 324 Å². The SMILES string of the molecule is CCCCCCCCCCCCCCCCCCC(=O)OC[C@@H](COC(=O)CCCCCCCCC(C)C)OC(=O)CCCCCCCCCCCCCCCCCCCCC(C)C. The van der Waals surface area contributed by atoms with Gasteiger partial charge in [-0.05, 0) is 31.1 Å². The second-order valence-corrected chi connectivity index (χ2v) is 20.9. The number of hydrogen-bond acceptors (Lipinski definition) is 6. The van der Waals surface area contributed by atoms with E-state index >= 15 is 0 Å². The van der Waals surface area contributed by atoms with E-state index in [9.17, 15) is 14.4 Å². The van der Waals surface area contributed by atoms with Gasteiger partial charge in [0.2, 0.25) is 0 Å². The maximum absolute atomic E-state index is 12.8. The van der Waals surface area contributed by atoms with Gasteiger partial charge in [0.1, 0.15) is 13.2 Å². The summed E-state index contributed by atoms with van der Waals surface area (Å²) in [5.41, 5.74) is 0. The minimum atomic E-state index is -0.763. The maximum atomic E-state index is 12.8. The molecule has 0 aliphatic rings. The molecule has 0 radical (unpaired) electrons. The number of esters is 3. The fourth-order valence-electron chi connectivity index (χ4n) is 8.87. The Labute approximate surface area is 399 Å². The molecule has 0 saturated carbocycles. The van der Waals surface area contributed by atoms with E-state index in [1.807, 2.05) is 0 Å². The van der Waals surface area contributed by atoms with Crippen LogP contribution in [0.4, 0.5) is 0 Å². The minimum absolute atomic E-state index is 0.0636. The monoisotopic (exact) mass is 905 g/mol. The van der Waals surface area contributed by atoms with Crippen molar-refractivity contribution < 1.29 is 28.6 Å². The average molecular weight is 906 g/mol. The Balaban J connectivity index is 4.20. The topological polar surface area (TPSA) is 78.9 Å². The van der Waals surface area contributed by atoms with Gasteiger partial charge in [-0.2, -0.15) is 0 Å². The number of carbonyl (C=O) groups excluding carboxylic acids is 3. The molecule has 0 amide bonds. The van der Waals surface area contributed by atoms with Crippen molar-refractivity contribution in [2.24, 2.45) is 11.8 Å². The van der Waals surface area contributed by atoms with Crippen molar-refractivity contribution in [3.05, 3.63) is 0 Å². The van der Waals surface area contributed by atoms with E-state index in [1.54, 1.807) is 0 Å². The molecule has 0 bridgehead atoms. The van der Waals surface area contributed by atoms with Crippen LogP contribution in [0.5, 0.6) is 0 Å². The predicted molar refractivity (Wildman–Crippen MR) is 275 cm³/mol. The molecule has 6 heteroatoms. The van der Waals surface area contributed by atoms with E-state index in [1.165, 1.54) is 212 Å². The third kappa shape index (κ3) is 51.4. The van der Waals surface area contributed by atoms with Crippen LogP contribution in [0, 0.1) is 11.8 Å². The molecular weight excluding hydrogens is 793 g/mol. The van der Waals surface area contributed by atoms with Gasteiger partial charge in [0.15, 0.2) is 6.10 Å². The van der Waals surface area contributed by atoms with Crippen molar-refractivity contribution in [1.29, 1.82) is 0 Å². The van der Waals surface area contributed by atoms with Crippen molar-refractivity contribution in [1.82, 2.24) is 0 Å². The molecule has 0 aliphatic heterocycles. The summed E-state index contributed by atoms with van der Waals surface area (Å²) in [4.78, 5) is 38.0. The van der Waals surface area contributed by atoms with Gasteiger partial charge in [-0.3, -0.25) is 14.4 Å². The van der Waals surface area contributed by atoms with Gasteiger partial charge in [-0.1, -0.05) is 285 Å². The number of ether oxygens (including phenoxy) is 3. The number of unbranched alkanes of at least 4 members (excludes halogenated alkanes) is 37. The molecule has 0 aromatic heterocycles. The van der Waals surface area contributed by atoms with E-state index < -0.39 is 6.10 Å². The van der Waals surface area contributed by atoms with Gasteiger partial charge in [0, 0.05) is 19.3 Å². The van der Waals surface area contributed by atoms with Gasteiger partial charge in [0.05, 0.1) is 0 Å². The molecule has 0 aromatic rings. The lowest BCUT2D eigenvalue weighted by Gasteiger charge is -2.18. The van der Waals surface area contributed by atoms with Crippen LogP contribution in [-0.2, 0) is 28.6 Å². The molecule has 64 heavy (non-hydrogen) atoms. The van der Waals surface area contributed by atoms with E-state index in [4.69, 9.17) is 14.2 Å². The van der Waals surface area contributed by atoms with E-state index in [2.05, 4.69) is 34.6 Å². The van der Waals surface area contributed by atoms with Crippen LogP contribution in [0.2, 0.25) is 0 Å². The number of hydrogen-bond donors (Lipinski definition) is 0. The van der Waals surface area contributed by atoms with Gasteiger partial charge in [0.25, 0.3) is 0 Å². The molecule has 0 saturated heterocycles. The summed E-state index contributed by atoms with van der Waals surface area (Å²) in [6.07, 6.45) is 54.0. The number of rotatable bonds is 52. The molecule has 0 aromatic carbocycles. The standard InChI is InChI=1S/C58H112O6/c1-6-7-8-9-10-11-12-13-14-20-23-26-29-32-38-43-48-56(59)62-51-55(52-63-57(60)49-44-39-35-34-37-42-47-54(4)5)64-58(61)50-45-40-33-30-27-24-21-18-16-15-17-19-22-25-28-31-36-41-46-53(2)3/h53-55H,6-52H2,1-5H3/t55-/m0/s1. The number of carbonyl (C=O) groups is 3. The van der Waals surface area contributed by atoms with Gasteiger partial charge in [-0.15, -0.1) is 0 Å². The summed E-state index contributed by atoms with van der Waals surface area (Å²) >= 11 is 0. The second kappa shape index (κ2) is 50.8. The fraction of sp³-hybridized carbons (Fsp3) is 0.948. The summed E-state index contributed by atoms with van der Waals surface area (Å²) in [5, 5.41) is 0. The Morgan fingerprint density at radius 2 is 0.516 bits per heavy atom. The van der Waals surface area contributed by atoms with Crippen LogP contribution in [0.15, 0.2) is 0 Å². The zero-order valence-electron chi connectivity index (χ0n) is 43.9. The lowest BCUT2D eigenvalue weighted by Crippen LogP contribution is -2.30. The third-order valence-corrected chi connectivity index (χ3v) is 13.2. The van der Waals surface area contributed by atoms with Gasteiger partial charge in [-0.25, -0.2) is 0 Å². The smallest absolute Gasteiger partial charge is 0.306 e. The highest BCUT2D eigenvalue weighted by atomic mass is 16.6. The zero-order chi connectivity index (χ0) is 46.8. The average Bonchev–Trinajstić information content (AvgIpc) is 3.27. The highest BCUT2D eigenvalue weighted by Gasteiger charge is 2.19. The van der Waals surface area contributed by atoms with E-state index in [-0.39, 0.29) is 31.1 Å². The van der Waals surface area contributed by atoms with Crippen LogP contribution < -0.4 is 0 Å². The normalized spacial score (nSPS) is 12.0. The van der Waals surface area contributed by atoms with Crippen molar-refractivity contribution in [2.75, 3.05) is 13.2 Å². The molecule has 0 heterocycles. The molecule has 0 rings (SSSR count). The van der Waals surface area contributed by atoms with E-state index in [0.717, 1.165) is 69.6 Å². The Hall–Kier alpha value is -1.59. The molecule has 1 atom stereocenters. The van der Waals surface area contributed by atoms with Crippen molar-refractivity contribution in [3.8, 4) is 0 Å². The first-order valence-electron chi connectivity index (χ1n) is 28.7. The largest absolute Gasteiger partial charge is 0.462 e. The summed E-state index contributed by atoms with van der Waals surface area (Å²) in [6, 6.07) is 0. The first-order chi connectivity index (χ1) is 31.2. The van der Waals surface area contributed by atoms with Crippen LogP contribution in [0.3, 0.4) is 0 Å². The molecule has 6 nitrogen and oxygen atoms in total. The summed E-state index contributed by atoms with van der Waals surface area (Å²) in [5.74, 6) is 0.776. The van der Waals surface area contributed by atoms with Crippen LogP contribution >= 0.6 is 0 Å². The molecule has 380 valence electrons. The molecule has 0 spiro atoms. The molecule has 0 fully saturated rings. The predicted octanol–water partition coefficient (Wildman–Crippen LogP) is 18.9. The van der Waals surface area contributed by atoms with Crippen molar-refractivity contribution in [3.63, 3.8) is 0 Å². The van der Waals surface area contributed by atoms with Crippen molar-refractivity contribution >= 4 is 17.9 Å². The van der Waals surface area contributed by atoms with E-state index in [0.29, 0.717) is 19.3 Å². The Morgan fingerprint density at radius 3 is 0.766 bits per heavy atom. The third-order valence-electron chi connectivity index (χ3n) is 13.2. The quantitative estimate of drug-likeness (QED) is 0.0344. The first-order valence-corrected chi connectivity index (χ1v) is 28.7. The highest BCUT2D eigenvalue weighted by Crippen LogP contribution is 2.18. The molecule has 0 N–H and O–H groups in total. The highest BCUT2D eigenvalue weighted by molar-refractivity contribution is 5.71. The van der Waals surface area contributed by atoms with Crippen LogP contribution in [0.25, 0.3) is 0 Å². The maximum Gasteiger partial charge on any atom is 0.306 e. The molecule has 0 aliphatic carbocycles. The van der Waals surface area contributed by atoms with Crippen molar-refractivity contribution in [2.45, 2.75) is 330 Å². The fourth-order valence-corrected chi connectivity index (χ4v) is 8.87. The Morgan fingerprint density at radius 1 is 0.297 bits per heavy atom. The summed E-state index contributed by atoms with van der Waals surface area (Å²) in [7, 11) is 0. The molecule has 0 unspecified atom stereocenters. The minimum Gasteiger partial charge on any atom is -0.462 e. The second-order valence-electron chi connectivity index (χ2n) is 20.9. The lowest BCUT2D eigenvalue weighted by molar-refractivity contribution is -0.167. The van der Waals surface area contributed by atoms with Gasteiger partial charge < -0.3 is 14.2 Å². The Bertz CT molecular complexity index is 978. The summed E-state index contributed by atoms with van der Waals surface area (Å²) < 4.78 is 16.8. The first kappa shape index (κ1) is 62.4. The lowest BCUT2D eigenvalue weighted by atomic mass is 10.0. The molecular formula is C58H112O6. The summed E-state index contributed by atoms with van der Waals surface area (Å²) in [6.45, 7) is 11.4. The zero-order valence-corrected chi connectivity index (χ0v) is 43.9. The van der Waals surface area contributed by atoms with Gasteiger partial charge >= 0.3 is 17.9 Å².